The summed E-state index contributed by atoms with van der Waals surface area (Å²) in [6.07, 6.45) is 10.1. The van der Waals surface area contributed by atoms with E-state index in [1.165, 1.54) is 17.3 Å². The average Bonchev–Trinajstić information content (AvgIpc) is 3.64. The van der Waals surface area contributed by atoms with Crippen LogP contribution in [0, 0.1) is 11.8 Å². The number of amides is 4. The zero-order chi connectivity index (χ0) is 36.5. The Kier molecular flexibility index (Phi) is 13.3. The van der Waals surface area contributed by atoms with E-state index in [4.69, 9.17) is 10.5 Å². The fourth-order valence-corrected chi connectivity index (χ4v) is 8.27. The number of aliphatic hydroxyl groups is 1. The number of aromatic nitrogens is 2. The molecule has 0 spiro atoms. The molecule has 5 atom stereocenters. The van der Waals surface area contributed by atoms with Crippen molar-refractivity contribution in [1.82, 2.24) is 35.3 Å². The van der Waals surface area contributed by atoms with Gasteiger partial charge in [0.05, 0.1) is 43.5 Å². The second-order valence-electron chi connectivity index (χ2n) is 15.2. The molecular weight excluding hydrogens is 664 g/mol. The van der Waals surface area contributed by atoms with Gasteiger partial charge in [0.15, 0.2) is 0 Å². The molecule has 6 N–H and O–H groups in total. The van der Waals surface area contributed by atoms with Crippen molar-refractivity contribution >= 4 is 23.8 Å². The highest BCUT2D eigenvalue weighted by molar-refractivity contribution is 5.88. The Morgan fingerprint density at radius 2 is 1.67 bits per heavy atom. The van der Waals surface area contributed by atoms with Gasteiger partial charge in [-0.05, 0) is 56.2 Å². The van der Waals surface area contributed by atoms with Crippen molar-refractivity contribution in [2.45, 2.75) is 101 Å². The van der Waals surface area contributed by atoms with E-state index in [2.05, 4.69) is 25.8 Å². The summed E-state index contributed by atoms with van der Waals surface area (Å²) in [6.45, 7) is 4.54. The number of rotatable bonds is 14. The monoisotopic (exact) mass is 720 g/mol. The lowest BCUT2D eigenvalue weighted by Crippen LogP contribution is -2.58. The van der Waals surface area contributed by atoms with Crippen molar-refractivity contribution in [3.05, 3.63) is 54.1 Å². The average molecular weight is 721 g/mol. The fraction of sp³-hybridized carbons (Fsp3) is 0.658. The Morgan fingerprint density at radius 1 is 0.942 bits per heavy atom. The number of morpholine rings is 1. The first-order valence-electron chi connectivity index (χ1n) is 19.2. The van der Waals surface area contributed by atoms with Gasteiger partial charge in [-0.2, -0.15) is 0 Å². The van der Waals surface area contributed by atoms with E-state index in [1.54, 1.807) is 11.1 Å². The van der Waals surface area contributed by atoms with E-state index in [9.17, 15) is 24.3 Å². The maximum Gasteiger partial charge on any atom is 0.318 e. The normalized spacial score (nSPS) is 24.3. The van der Waals surface area contributed by atoms with Gasteiger partial charge in [0, 0.05) is 38.3 Å². The van der Waals surface area contributed by atoms with Gasteiger partial charge in [0.1, 0.15) is 12.4 Å². The van der Waals surface area contributed by atoms with Crippen LogP contribution in [0.1, 0.15) is 73.8 Å². The number of nitrogens with two attached hydrogens (primary N) is 1. The number of urea groups is 1. The van der Waals surface area contributed by atoms with Gasteiger partial charge >= 0.3 is 6.03 Å². The highest BCUT2D eigenvalue weighted by Gasteiger charge is 2.36. The number of fused-ring (bicyclic) bond motifs is 3. The second kappa shape index (κ2) is 18.3. The molecule has 5 aliphatic rings. The summed E-state index contributed by atoms with van der Waals surface area (Å²) >= 11 is 0. The molecule has 2 bridgehead atoms. The molecule has 14 nitrogen and oxygen atoms in total. The SMILES string of the molecule is NC(Cc1ccccc1)C(=O)n1cnc(C[C@H](NC(=O)N2CCOCC2)C(=O)N[C@@H](CC2CCCCC2)[C@@H](O)CC(=O)NC2CN3CCC2CC3)c1. The first-order valence-corrected chi connectivity index (χ1v) is 19.2. The summed E-state index contributed by atoms with van der Waals surface area (Å²) in [5.74, 6) is -0.277. The number of carbonyl (C=O) groups excluding carboxylic acids is 4. The lowest BCUT2D eigenvalue weighted by Gasteiger charge is -2.45. The lowest BCUT2D eigenvalue weighted by molar-refractivity contribution is -0.128. The van der Waals surface area contributed by atoms with Crippen molar-refractivity contribution < 1.29 is 29.0 Å². The van der Waals surface area contributed by atoms with Gasteiger partial charge in [-0.3, -0.25) is 19.0 Å². The molecule has 52 heavy (non-hydrogen) atoms. The highest BCUT2D eigenvalue weighted by atomic mass is 16.5. The Morgan fingerprint density at radius 3 is 2.37 bits per heavy atom. The minimum Gasteiger partial charge on any atom is -0.390 e. The minimum absolute atomic E-state index is 0.00240. The minimum atomic E-state index is -1.11. The van der Waals surface area contributed by atoms with Crippen molar-refractivity contribution in [3.8, 4) is 0 Å². The zero-order valence-electron chi connectivity index (χ0n) is 30.2. The van der Waals surface area contributed by atoms with E-state index >= 15 is 0 Å². The Balaban J connectivity index is 1.14. The third-order valence-electron chi connectivity index (χ3n) is 11.3. The van der Waals surface area contributed by atoms with E-state index in [1.807, 2.05) is 30.3 Å². The van der Waals surface area contributed by atoms with E-state index in [0.29, 0.717) is 56.7 Å². The predicted octanol–water partition coefficient (Wildman–Crippen LogP) is 1.46. The van der Waals surface area contributed by atoms with Crippen molar-refractivity contribution in [2.75, 3.05) is 45.9 Å². The van der Waals surface area contributed by atoms with Crippen molar-refractivity contribution in [1.29, 1.82) is 0 Å². The molecule has 5 heterocycles. The molecule has 0 radical (unpaired) electrons. The molecule has 1 saturated carbocycles. The number of benzene rings is 1. The molecule has 14 heteroatoms. The summed E-state index contributed by atoms with van der Waals surface area (Å²) < 4.78 is 6.73. The number of piperidine rings is 3. The smallest absolute Gasteiger partial charge is 0.318 e. The van der Waals surface area contributed by atoms with Crippen molar-refractivity contribution in [3.63, 3.8) is 0 Å². The first kappa shape index (κ1) is 37.9. The van der Waals surface area contributed by atoms with Crippen LogP contribution < -0.4 is 21.7 Å². The number of ether oxygens (including phenoxy) is 1. The predicted molar refractivity (Wildman–Crippen MR) is 194 cm³/mol. The Labute approximate surface area is 306 Å². The van der Waals surface area contributed by atoms with Gasteiger partial charge in [-0.15, -0.1) is 0 Å². The molecule has 1 aliphatic carbocycles. The quantitative estimate of drug-likeness (QED) is 0.193. The molecule has 1 aromatic heterocycles. The highest BCUT2D eigenvalue weighted by Crippen LogP contribution is 2.29. The molecule has 5 fully saturated rings. The van der Waals surface area contributed by atoms with Crippen LogP contribution in [-0.4, -0.2) is 124 Å². The summed E-state index contributed by atoms with van der Waals surface area (Å²) in [5.41, 5.74) is 7.62. The van der Waals surface area contributed by atoms with Crippen LogP contribution in [-0.2, 0) is 27.2 Å². The maximum atomic E-state index is 14.2. The first-order chi connectivity index (χ1) is 25.2. The number of imidazole rings is 1. The van der Waals surface area contributed by atoms with Crippen LogP contribution in [0.4, 0.5) is 4.79 Å². The van der Waals surface area contributed by atoms with Crippen LogP contribution >= 0.6 is 0 Å². The van der Waals surface area contributed by atoms with Crippen LogP contribution in [0.2, 0.25) is 0 Å². The summed E-state index contributed by atoms with van der Waals surface area (Å²) in [6, 6.07) is 6.63. The van der Waals surface area contributed by atoms with E-state index in [0.717, 1.165) is 63.7 Å². The van der Waals surface area contributed by atoms with E-state index in [-0.39, 0.29) is 30.7 Å². The number of nitrogens with zero attached hydrogens (tertiary/aromatic N) is 4. The molecule has 284 valence electrons. The topological polar surface area (TPSA) is 184 Å². The zero-order valence-corrected chi connectivity index (χ0v) is 30.2. The van der Waals surface area contributed by atoms with Gasteiger partial charge in [0.25, 0.3) is 0 Å². The number of aliphatic hydroxyl groups excluding tert-OH is 1. The molecule has 4 aliphatic heterocycles. The number of carbonyl (C=O) groups is 4. The van der Waals surface area contributed by atoms with Gasteiger partial charge in [-0.1, -0.05) is 62.4 Å². The number of hydrogen-bond acceptors (Lipinski definition) is 9. The van der Waals surface area contributed by atoms with E-state index < -0.39 is 36.2 Å². The second-order valence-corrected chi connectivity index (χ2v) is 15.2. The van der Waals surface area contributed by atoms with Crippen LogP contribution in [0.15, 0.2) is 42.9 Å². The van der Waals surface area contributed by atoms with Crippen LogP contribution in [0.25, 0.3) is 0 Å². The van der Waals surface area contributed by atoms with Crippen LogP contribution in [0.5, 0.6) is 0 Å². The summed E-state index contributed by atoms with van der Waals surface area (Å²) in [5, 5.41) is 20.6. The fourth-order valence-electron chi connectivity index (χ4n) is 8.27. The largest absolute Gasteiger partial charge is 0.390 e. The Hall–Kier alpha value is -3.85. The number of hydrogen-bond donors (Lipinski definition) is 5. The van der Waals surface area contributed by atoms with Crippen molar-refractivity contribution in [2.24, 2.45) is 17.6 Å². The lowest BCUT2D eigenvalue weighted by atomic mass is 9.83. The number of nitrogens with one attached hydrogen (secondary N) is 3. The third kappa shape index (κ3) is 10.4. The van der Waals surface area contributed by atoms with Gasteiger partial charge in [0.2, 0.25) is 17.7 Å². The molecule has 7 rings (SSSR count). The molecule has 2 aromatic rings. The molecule has 4 amide bonds. The molecule has 2 unspecified atom stereocenters. The Bertz CT molecular complexity index is 1490. The summed E-state index contributed by atoms with van der Waals surface area (Å²) in [4.78, 5) is 62.4. The molecular formula is C38H56N8O6. The van der Waals surface area contributed by atoms with Crippen LogP contribution in [0.3, 0.4) is 0 Å². The van der Waals surface area contributed by atoms with Gasteiger partial charge in [-0.25, -0.2) is 9.78 Å². The molecule has 1 aromatic carbocycles. The molecule has 4 saturated heterocycles. The maximum absolute atomic E-state index is 14.2. The summed E-state index contributed by atoms with van der Waals surface area (Å²) in [7, 11) is 0. The third-order valence-corrected chi connectivity index (χ3v) is 11.3. The van der Waals surface area contributed by atoms with Gasteiger partial charge < -0.3 is 41.3 Å². The standard InChI is InChI=1S/C38H56N8O6/c39-30(19-26-7-3-1-4-8-26)37(50)46-23-29(40-25-46)21-32(43-38(51)45-15-17-52-18-16-45)36(49)42-31(20-27-9-5-2-6-10-27)34(47)22-35(48)41-33-24-44-13-11-28(33)12-14-44/h1,3-4,7-8,23,25,27-28,30-34,47H,2,5-6,9-22,24,39H2,(H,41,48)(H,42,49)(H,43,51)/t30?,31-,32-,33?,34-/m0/s1.